The first kappa shape index (κ1) is 17.6. The fourth-order valence-corrected chi connectivity index (χ4v) is 2.52. The van der Waals surface area contributed by atoms with Gasteiger partial charge in [-0.2, -0.15) is 0 Å². The van der Waals surface area contributed by atoms with Gasteiger partial charge in [0.1, 0.15) is 0 Å². The number of carbonyl (C=O) groups is 3. The van der Waals surface area contributed by atoms with Crippen LogP contribution in [0.25, 0.3) is 0 Å². The molecule has 1 atom stereocenters. The van der Waals surface area contributed by atoms with Gasteiger partial charge in [-0.25, -0.2) is 4.79 Å². The monoisotopic (exact) mass is 324 g/mol. The zero-order chi connectivity index (χ0) is 17.5. The molecule has 0 amide bonds. The first-order valence-electron chi connectivity index (χ1n) is 7.88. The smallest absolute Gasteiger partial charge is 0.375 e. The van der Waals surface area contributed by atoms with E-state index in [9.17, 15) is 14.4 Å². The molecule has 0 aromatic heterocycles. The van der Waals surface area contributed by atoms with Crippen molar-refractivity contribution >= 4 is 17.5 Å². The van der Waals surface area contributed by atoms with Crippen molar-refractivity contribution in [2.45, 2.75) is 26.2 Å². The van der Waals surface area contributed by atoms with Crippen molar-refractivity contribution in [3.8, 4) is 0 Å². The van der Waals surface area contributed by atoms with Crippen LogP contribution in [0.15, 0.2) is 54.6 Å². The lowest BCUT2D eigenvalue weighted by atomic mass is 9.87. The Labute approximate surface area is 141 Å². The van der Waals surface area contributed by atoms with Gasteiger partial charge in [0.15, 0.2) is 5.78 Å². The van der Waals surface area contributed by atoms with Gasteiger partial charge in [-0.3, -0.25) is 9.59 Å². The number of hydrogen-bond donors (Lipinski definition) is 0. The highest BCUT2D eigenvalue weighted by Crippen LogP contribution is 2.24. The molecule has 0 N–H and O–H groups in total. The molecular weight excluding hydrogens is 304 g/mol. The van der Waals surface area contributed by atoms with E-state index in [0.717, 1.165) is 5.56 Å². The van der Waals surface area contributed by atoms with Crippen LogP contribution in [-0.4, -0.2) is 24.1 Å². The number of hydrogen-bond acceptors (Lipinski definition) is 4. The van der Waals surface area contributed by atoms with Crippen molar-refractivity contribution in [1.29, 1.82) is 0 Å². The van der Waals surface area contributed by atoms with Crippen LogP contribution in [0.4, 0.5) is 0 Å². The van der Waals surface area contributed by atoms with Gasteiger partial charge >= 0.3 is 5.97 Å². The fourth-order valence-electron chi connectivity index (χ4n) is 2.52. The molecule has 124 valence electrons. The van der Waals surface area contributed by atoms with E-state index in [1.807, 2.05) is 31.2 Å². The molecule has 0 aliphatic heterocycles. The minimum atomic E-state index is -0.898. The molecule has 0 bridgehead atoms. The molecule has 2 aromatic carbocycles. The van der Waals surface area contributed by atoms with Crippen LogP contribution in [0.3, 0.4) is 0 Å². The molecule has 2 aromatic rings. The number of rotatable bonds is 7. The van der Waals surface area contributed by atoms with Crippen LogP contribution in [-0.2, 0) is 14.3 Å². The van der Waals surface area contributed by atoms with Gasteiger partial charge in [-0.1, -0.05) is 60.2 Å². The summed E-state index contributed by atoms with van der Waals surface area (Å²) in [5.74, 6) is -2.60. The molecular formula is C20H20O4. The first-order valence-corrected chi connectivity index (χ1v) is 7.88. The topological polar surface area (TPSA) is 60.4 Å². The van der Waals surface area contributed by atoms with Crippen molar-refractivity contribution < 1.29 is 19.1 Å². The van der Waals surface area contributed by atoms with Crippen molar-refractivity contribution in [3.63, 3.8) is 0 Å². The largest absolute Gasteiger partial charge is 0.460 e. The van der Waals surface area contributed by atoms with Gasteiger partial charge < -0.3 is 4.74 Å². The molecule has 0 radical (unpaired) electrons. The number of carbonyl (C=O) groups excluding carboxylic acids is 3. The van der Waals surface area contributed by atoms with E-state index in [-0.39, 0.29) is 18.8 Å². The SMILES string of the molecule is CCOC(=O)C(=O)C(CC(=O)c1ccccc1)c1cccc(C)c1. The lowest BCUT2D eigenvalue weighted by Gasteiger charge is -2.15. The highest BCUT2D eigenvalue weighted by Gasteiger charge is 2.30. The van der Waals surface area contributed by atoms with Crippen LogP contribution in [0.2, 0.25) is 0 Å². The highest BCUT2D eigenvalue weighted by molar-refractivity contribution is 6.36. The summed E-state index contributed by atoms with van der Waals surface area (Å²) >= 11 is 0. The van der Waals surface area contributed by atoms with Crippen LogP contribution < -0.4 is 0 Å². The normalized spacial score (nSPS) is 11.6. The maximum atomic E-state index is 12.5. The van der Waals surface area contributed by atoms with E-state index in [0.29, 0.717) is 11.1 Å². The van der Waals surface area contributed by atoms with Gasteiger partial charge in [0.25, 0.3) is 0 Å². The van der Waals surface area contributed by atoms with Crippen LogP contribution in [0.5, 0.6) is 0 Å². The fraction of sp³-hybridized carbons (Fsp3) is 0.250. The molecule has 0 saturated carbocycles. The third kappa shape index (κ3) is 4.38. The van der Waals surface area contributed by atoms with Crippen LogP contribution >= 0.6 is 0 Å². The Bertz CT molecular complexity index is 734. The zero-order valence-electron chi connectivity index (χ0n) is 13.8. The van der Waals surface area contributed by atoms with E-state index in [2.05, 4.69) is 0 Å². The predicted octanol–water partition coefficient (Wildman–Crippen LogP) is 3.48. The van der Waals surface area contributed by atoms with Crippen molar-refractivity contribution in [1.82, 2.24) is 0 Å². The number of ether oxygens (including phenoxy) is 1. The maximum absolute atomic E-state index is 12.5. The quantitative estimate of drug-likeness (QED) is 0.444. The predicted molar refractivity (Wildman–Crippen MR) is 90.9 cm³/mol. The van der Waals surface area contributed by atoms with Gasteiger partial charge in [0, 0.05) is 12.0 Å². The average molecular weight is 324 g/mol. The van der Waals surface area contributed by atoms with Crippen molar-refractivity contribution in [2.24, 2.45) is 0 Å². The minimum absolute atomic E-state index is 0.0644. The Morgan fingerprint density at radius 2 is 1.71 bits per heavy atom. The minimum Gasteiger partial charge on any atom is -0.460 e. The summed E-state index contributed by atoms with van der Waals surface area (Å²) in [5.41, 5.74) is 2.13. The maximum Gasteiger partial charge on any atom is 0.375 e. The summed E-state index contributed by atoms with van der Waals surface area (Å²) in [7, 11) is 0. The number of ketones is 2. The summed E-state index contributed by atoms with van der Waals surface area (Å²) in [5, 5.41) is 0. The molecule has 1 unspecified atom stereocenters. The van der Waals surface area contributed by atoms with Crippen molar-refractivity contribution in [2.75, 3.05) is 6.61 Å². The number of aryl methyl sites for hydroxylation is 1. The summed E-state index contributed by atoms with van der Waals surface area (Å²) in [6.07, 6.45) is -0.0644. The second-order valence-electron chi connectivity index (χ2n) is 5.54. The number of Topliss-reactive ketones (excluding diaryl/α,β-unsaturated/α-hetero) is 2. The Morgan fingerprint density at radius 1 is 1.00 bits per heavy atom. The van der Waals surface area contributed by atoms with Gasteiger partial charge in [0.2, 0.25) is 5.78 Å². The van der Waals surface area contributed by atoms with E-state index >= 15 is 0 Å². The molecule has 24 heavy (non-hydrogen) atoms. The Hall–Kier alpha value is -2.75. The van der Waals surface area contributed by atoms with Gasteiger partial charge in [0.05, 0.1) is 12.5 Å². The van der Waals surface area contributed by atoms with E-state index in [1.165, 1.54) is 0 Å². The molecule has 0 fully saturated rings. The third-order valence-corrected chi connectivity index (χ3v) is 3.72. The van der Waals surface area contributed by atoms with E-state index < -0.39 is 17.7 Å². The Morgan fingerprint density at radius 3 is 2.33 bits per heavy atom. The number of benzene rings is 2. The summed E-state index contributed by atoms with van der Waals surface area (Å²) in [6, 6.07) is 16.0. The van der Waals surface area contributed by atoms with E-state index in [4.69, 9.17) is 4.74 Å². The summed E-state index contributed by atoms with van der Waals surface area (Å²) in [6.45, 7) is 3.66. The molecule has 0 heterocycles. The Kier molecular flexibility index (Phi) is 6.01. The Balaban J connectivity index is 2.30. The molecule has 4 nitrogen and oxygen atoms in total. The molecule has 0 aliphatic rings. The molecule has 0 spiro atoms. The standard InChI is InChI=1S/C20H20O4/c1-3-24-20(23)19(22)17(16-11-7-8-14(2)12-16)13-18(21)15-9-5-4-6-10-15/h4-12,17H,3,13H2,1-2H3. The van der Waals surface area contributed by atoms with E-state index in [1.54, 1.807) is 37.3 Å². The molecule has 0 aliphatic carbocycles. The van der Waals surface area contributed by atoms with Crippen LogP contribution in [0, 0.1) is 6.92 Å². The summed E-state index contributed by atoms with van der Waals surface area (Å²) in [4.78, 5) is 36.9. The van der Waals surface area contributed by atoms with Crippen LogP contribution in [0.1, 0.15) is 40.7 Å². The lowest BCUT2D eigenvalue weighted by molar-refractivity contribution is -0.154. The van der Waals surface area contributed by atoms with Crippen molar-refractivity contribution in [3.05, 3.63) is 71.3 Å². The molecule has 4 heteroatoms. The number of esters is 1. The molecule has 2 rings (SSSR count). The summed E-state index contributed by atoms with van der Waals surface area (Å²) < 4.78 is 4.82. The van der Waals surface area contributed by atoms with Gasteiger partial charge in [-0.05, 0) is 19.4 Å². The second-order valence-corrected chi connectivity index (χ2v) is 5.54. The zero-order valence-corrected chi connectivity index (χ0v) is 13.8. The first-order chi connectivity index (χ1) is 11.5. The second kappa shape index (κ2) is 8.20. The average Bonchev–Trinajstić information content (AvgIpc) is 2.60. The molecule has 0 saturated heterocycles. The highest BCUT2D eigenvalue weighted by atomic mass is 16.5. The lowest BCUT2D eigenvalue weighted by Crippen LogP contribution is -2.26. The third-order valence-electron chi connectivity index (χ3n) is 3.72. The van der Waals surface area contributed by atoms with Gasteiger partial charge in [-0.15, -0.1) is 0 Å².